The molecule has 0 amide bonds. The zero-order valence-electron chi connectivity index (χ0n) is 10.2. The topological polar surface area (TPSA) is 57.5 Å². The minimum absolute atomic E-state index is 0.100. The molecule has 0 bridgehead atoms. The van der Waals surface area contributed by atoms with Crippen LogP contribution in [0.1, 0.15) is 12.1 Å². The van der Waals surface area contributed by atoms with Crippen molar-refractivity contribution < 1.29 is 14.3 Å². The summed E-state index contributed by atoms with van der Waals surface area (Å²) in [4.78, 5) is 22.8. The molecule has 0 aromatic carbocycles. The summed E-state index contributed by atoms with van der Waals surface area (Å²) in [7, 11) is 1.31. The molecular weight excluding hydrogens is 234 g/mol. The average molecular weight is 249 g/mol. The number of fused-ring (bicyclic) bond motifs is 1. The SMILES string of the molecule is COC(=O)/C=C/COc1ccc2n(c1=O)CCC2. The van der Waals surface area contributed by atoms with Crippen LogP contribution in [0.4, 0.5) is 0 Å². The van der Waals surface area contributed by atoms with Gasteiger partial charge in [-0.2, -0.15) is 0 Å². The van der Waals surface area contributed by atoms with Crippen LogP contribution in [-0.2, 0) is 22.5 Å². The number of aromatic nitrogens is 1. The zero-order valence-corrected chi connectivity index (χ0v) is 10.2. The van der Waals surface area contributed by atoms with Crippen molar-refractivity contribution in [3.63, 3.8) is 0 Å². The van der Waals surface area contributed by atoms with Crippen molar-refractivity contribution in [3.8, 4) is 5.75 Å². The lowest BCUT2D eigenvalue weighted by Gasteiger charge is -2.06. The standard InChI is InChI=1S/C13H15NO4/c1-17-12(15)5-3-9-18-11-7-6-10-4-2-8-14(10)13(11)16/h3,5-7H,2,4,8-9H2,1H3/b5-3+. The fourth-order valence-electron chi connectivity index (χ4n) is 1.94. The van der Waals surface area contributed by atoms with Gasteiger partial charge in [0.1, 0.15) is 6.61 Å². The second kappa shape index (κ2) is 5.53. The molecule has 0 fully saturated rings. The smallest absolute Gasteiger partial charge is 0.330 e. The Morgan fingerprint density at radius 2 is 2.33 bits per heavy atom. The number of rotatable bonds is 4. The van der Waals surface area contributed by atoms with Crippen LogP contribution in [0, 0.1) is 0 Å². The molecule has 0 spiro atoms. The summed E-state index contributed by atoms with van der Waals surface area (Å²) in [6.07, 6.45) is 4.73. The highest BCUT2D eigenvalue weighted by molar-refractivity contribution is 5.81. The maximum atomic E-state index is 12.0. The van der Waals surface area contributed by atoms with Crippen LogP contribution in [0.15, 0.2) is 29.1 Å². The van der Waals surface area contributed by atoms with Crippen LogP contribution >= 0.6 is 0 Å². The quantitative estimate of drug-likeness (QED) is 0.587. The highest BCUT2D eigenvalue weighted by atomic mass is 16.5. The average Bonchev–Trinajstić information content (AvgIpc) is 2.85. The molecule has 18 heavy (non-hydrogen) atoms. The lowest BCUT2D eigenvalue weighted by Crippen LogP contribution is -2.21. The third-order valence-corrected chi connectivity index (χ3v) is 2.83. The molecule has 0 radical (unpaired) electrons. The summed E-state index contributed by atoms with van der Waals surface area (Å²) in [5.41, 5.74) is 0.953. The van der Waals surface area contributed by atoms with Crippen molar-refractivity contribution in [1.29, 1.82) is 0 Å². The molecule has 1 aliphatic heterocycles. The van der Waals surface area contributed by atoms with Crippen molar-refractivity contribution in [3.05, 3.63) is 40.3 Å². The van der Waals surface area contributed by atoms with E-state index in [-0.39, 0.29) is 12.2 Å². The number of aryl methyl sites for hydroxylation is 1. The molecule has 2 heterocycles. The summed E-state index contributed by atoms with van der Waals surface area (Å²) >= 11 is 0. The van der Waals surface area contributed by atoms with E-state index in [4.69, 9.17) is 4.74 Å². The number of carbonyl (C=O) groups excluding carboxylic acids is 1. The summed E-state index contributed by atoms with van der Waals surface area (Å²) in [5.74, 6) is -0.126. The lowest BCUT2D eigenvalue weighted by molar-refractivity contribution is -0.134. The largest absolute Gasteiger partial charge is 0.484 e. The lowest BCUT2D eigenvalue weighted by atomic mass is 10.3. The maximum absolute atomic E-state index is 12.0. The van der Waals surface area contributed by atoms with Crippen molar-refractivity contribution in [2.75, 3.05) is 13.7 Å². The van der Waals surface area contributed by atoms with Crippen LogP contribution in [0.25, 0.3) is 0 Å². The number of pyridine rings is 1. The van der Waals surface area contributed by atoms with Gasteiger partial charge in [0.05, 0.1) is 7.11 Å². The first-order valence-electron chi connectivity index (χ1n) is 5.82. The fourth-order valence-corrected chi connectivity index (χ4v) is 1.94. The van der Waals surface area contributed by atoms with E-state index in [1.807, 2.05) is 6.07 Å². The number of esters is 1. The third kappa shape index (κ3) is 2.61. The Balaban J connectivity index is 2.01. The summed E-state index contributed by atoms with van der Waals surface area (Å²) in [6, 6.07) is 3.60. The first-order valence-corrected chi connectivity index (χ1v) is 5.82. The predicted molar refractivity (Wildman–Crippen MR) is 65.7 cm³/mol. The molecule has 5 nitrogen and oxygen atoms in total. The minimum atomic E-state index is -0.440. The Hall–Kier alpha value is -2.04. The molecule has 1 aromatic rings. The summed E-state index contributed by atoms with van der Waals surface area (Å²) in [5, 5.41) is 0. The van der Waals surface area contributed by atoms with E-state index in [0.29, 0.717) is 5.75 Å². The molecule has 96 valence electrons. The van der Waals surface area contributed by atoms with Gasteiger partial charge in [-0.1, -0.05) is 0 Å². The van der Waals surface area contributed by atoms with Gasteiger partial charge < -0.3 is 14.0 Å². The van der Waals surface area contributed by atoms with Gasteiger partial charge in [0.25, 0.3) is 5.56 Å². The zero-order chi connectivity index (χ0) is 13.0. The first-order chi connectivity index (χ1) is 8.72. The first kappa shape index (κ1) is 12.4. The van der Waals surface area contributed by atoms with E-state index >= 15 is 0 Å². The van der Waals surface area contributed by atoms with Crippen LogP contribution in [0.5, 0.6) is 5.75 Å². The monoisotopic (exact) mass is 249 g/mol. The molecule has 0 aliphatic carbocycles. The van der Waals surface area contributed by atoms with Crippen LogP contribution < -0.4 is 10.3 Å². The Morgan fingerprint density at radius 3 is 3.11 bits per heavy atom. The molecule has 0 atom stereocenters. The van der Waals surface area contributed by atoms with Gasteiger partial charge in [0, 0.05) is 18.3 Å². The fraction of sp³-hybridized carbons (Fsp3) is 0.385. The van der Waals surface area contributed by atoms with Gasteiger partial charge in [-0.25, -0.2) is 4.79 Å². The van der Waals surface area contributed by atoms with Crippen LogP contribution in [-0.4, -0.2) is 24.3 Å². The van der Waals surface area contributed by atoms with Gasteiger partial charge in [0.15, 0.2) is 5.75 Å². The normalized spacial score (nSPS) is 13.6. The van der Waals surface area contributed by atoms with E-state index < -0.39 is 5.97 Å². The van der Waals surface area contributed by atoms with E-state index in [0.717, 1.165) is 25.1 Å². The molecule has 5 heteroatoms. The van der Waals surface area contributed by atoms with Gasteiger partial charge in [-0.3, -0.25) is 4.79 Å². The van der Waals surface area contributed by atoms with Crippen LogP contribution in [0.3, 0.4) is 0 Å². The Labute approximate surface area is 105 Å². The number of hydrogen-bond donors (Lipinski definition) is 0. The predicted octanol–water partition coefficient (Wildman–Crippen LogP) is 0.902. The highest BCUT2D eigenvalue weighted by Gasteiger charge is 2.14. The molecule has 1 aliphatic rings. The summed E-state index contributed by atoms with van der Waals surface area (Å²) < 4.78 is 11.5. The van der Waals surface area contributed by atoms with Crippen molar-refractivity contribution in [1.82, 2.24) is 4.57 Å². The van der Waals surface area contributed by atoms with Crippen LogP contribution in [0.2, 0.25) is 0 Å². The second-order valence-electron chi connectivity index (χ2n) is 3.99. The van der Waals surface area contributed by atoms with Crippen molar-refractivity contribution >= 4 is 5.97 Å². The number of hydrogen-bond acceptors (Lipinski definition) is 4. The molecule has 0 N–H and O–H groups in total. The van der Waals surface area contributed by atoms with E-state index in [2.05, 4.69) is 4.74 Å². The number of ether oxygens (including phenoxy) is 2. The summed E-state index contributed by atoms with van der Waals surface area (Å²) in [6.45, 7) is 0.924. The number of nitrogens with zero attached hydrogens (tertiary/aromatic N) is 1. The minimum Gasteiger partial charge on any atom is -0.484 e. The van der Waals surface area contributed by atoms with E-state index in [1.165, 1.54) is 19.3 Å². The van der Waals surface area contributed by atoms with E-state index in [1.54, 1.807) is 10.6 Å². The Morgan fingerprint density at radius 1 is 1.50 bits per heavy atom. The van der Waals surface area contributed by atoms with E-state index in [9.17, 15) is 9.59 Å². The molecule has 0 unspecified atom stereocenters. The molecule has 1 aromatic heterocycles. The molecule has 0 saturated carbocycles. The Bertz CT molecular complexity index is 530. The highest BCUT2D eigenvalue weighted by Crippen LogP contribution is 2.14. The van der Waals surface area contributed by atoms with Gasteiger partial charge in [-0.05, 0) is 31.1 Å². The van der Waals surface area contributed by atoms with Crippen molar-refractivity contribution in [2.45, 2.75) is 19.4 Å². The molecule has 2 rings (SSSR count). The number of carbonyl (C=O) groups is 1. The molecular formula is C13H15NO4. The van der Waals surface area contributed by atoms with Gasteiger partial charge in [0.2, 0.25) is 0 Å². The third-order valence-electron chi connectivity index (χ3n) is 2.83. The maximum Gasteiger partial charge on any atom is 0.330 e. The van der Waals surface area contributed by atoms with Gasteiger partial charge in [-0.15, -0.1) is 0 Å². The van der Waals surface area contributed by atoms with Crippen molar-refractivity contribution in [2.24, 2.45) is 0 Å². The second-order valence-corrected chi connectivity index (χ2v) is 3.99. The molecule has 0 saturated heterocycles. The number of methoxy groups -OCH3 is 1. The van der Waals surface area contributed by atoms with Gasteiger partial charge >= 0.3 is 5.97 Å². The Kier molecular flexibility index (Phi) is 3.82.